The molecule has 0 radical (unpaired) electrons. The number of aromatic nitrogens is 1. The summed E-state index contributed by atoms with van der Waals surface area (Å²) >= 11 is 2.84. The molecule has 0 amide bonds. The second-order valence-electron chi connectivity index (χ2n) is 6.70. The molecular formula is C22H20N2O5S2. The molecule has 0 aliphatic carbocycles. The molecule has 1 atom stereocenters. The fourth-order valence-electron chi connectivity index (χ4n) is 3.53. The van der Waals surface area contributed by atoms with Gasteiger partial charge in [0.2, 0.25) is 0 Å². The first-order chi connectivity index (χ1) is 15.0. The van der Waals surface area contributed by atoms with Gasteiger partial charge in [-0.05, 0) is 42.1 Å². The summed E-state index contributed by atoms with van der Waals surface area (Å²) in [6.45, 7) is 1.75. The molecule has 1 aromatic carbocycles. The number of rotatable bonds is 5. The third-order valence-corrected chi connectivity index (χ3v) is 6.77. The number of ether oxygens (including phenoxy) is 3. The standard InChI is InChI=1S/C22H20N2O5S2/c1-12-18(21(26)29-4)19(13-7-8-15(27-2)16(10-13)28-3)24-20(25)17(31-22(24)23-12)11-14-6-5-9-30-14/h5-11,19H,1-4H3. The van der Waals surface area contributed by atoms with Crippen LogP contribution in [0.4, 0.5) is 0 Å². The summed E-state index contributed by atoms with van der Waals surface area (Å²) in [6.07, 6.45) is 1.84. The lowest BCUT2D eigenvalue weighted by Crippen LogP contribution is -2.39. The number of thiophene rings is 1. The maximum atomic E-state index is 13.4. The Labute approximate surface area is 186 Å². The highest BCUT2D eigenvalue weighted by Crippen LogP contribution is 2.35. The van der Waals surface area contributed by atoms with E-state index in [0.29, 0.717) is 37.7 Å². The lowest BCUT2D eigenvalue weighted by molar-refractivity contribution is -0.136. The third kappa shape index (κ3) is 3.70. The Hall–Kier alpha value is -3.17. The molecule has 1 aliphatic rings. The minimum Gasteiger partial charge on any atom is -0.493 e. The molecule has 31 heavy (non-hydrogen) atoms. The fourth-order valence-corrected chi connectivity index (χ4v) is 5.30. The molecule has 3 aromatic rings. The van der Waals surface area contributed by atoms with Crippen molar-refractivity contribution in [3.8, 4) is 11.5 Å². The lowest BCUT2D eigenvalue weighted by atomic mass is 9.95. The summed E-state index contributed by atoms with van der Waals surface area (Å²) in [7, 11) is 4.40. The van der Waals surface area contributed by atoms with Crippen molar-refractivity contribution in [1.82, 2.24) is 4.57 Å². The van der Waals surface area contributed by atoms with Crippen molar-refractivity contribution in [3.05, 3.63) is 77.1 Å². The molecule has 2 aromatic heterocycles. The number of allylic oxidation sites excluding steroid dienone is 1. The molecule has 160 valence electrons. The first kappa shape index (κ1) is 21.1. The van der Waals surface area contributed by atoms with Gasteiger partial charge < -0.3 is 14.2 Å². The lowest BCUT2D eigenvalue weighted by Gasteiger charge is -2.25. The van der Waals surface area contributed by atoms with Gasteiger partial charge in [0.15, 0.2) is 16.3 Å². The smallest absolute Gasteiger partial charge is 0.338 e. The quantitative estimate of drug-likeness (QED) is 0.551. The summed E-state index contributed by atoms with van der Waals surface area (Å²) in [6, 6.07) is 8.50. The maximum Gasteiger partial charge on any atom is 0.338 e. The highest BCUT2D eigenvalue weighted by Gasteiger charge is 2.33. The van der Waals surface area contributed by atoms with E-state index in [1.807, 2.05) is 29.7 Å². The van der Waals surface area contributed by atoms with Gasteiger partial charge in [-0.2, -0.15) is 0 Å². The maximum absolute atomic E-state index is 13.4. The van der Waals surface area contributed by atoms with Crippen molar-refractivity contribution >= 4 is 34.7 Å². The third-order valence-electron chi connectivity index (χ3n) is 4.97. The van der Waals surface area contributed by atoms with Crippen LogP contribution in [0.15, 0.2) is 56.8 Å². The Balaban J connectivity index is 1.99. The SMILES string of the molecule is COC(=O)C1=C(C)N=c2sc(=Cc3cccs3)c(=O)n2C1c1ccc(OC)c(OC)c1. The Morgan fingerprint density at radius 2 is 1.94 bits per heavy atom. The number of carbonyl (C=O) groups is 1. The van der Waals surface area contributed by atoms with Crippen molar-refractivity contribution in [2.45, 2.75) is 13.0 Å². The number of esters is 1. The van der Waals surface area contributed by atoms with Crippen LogP contribution in [0.3, 0.4) is 0 Å². The molecule has 0 fully saturated rings. The number of methoxy groups -OCH3 is 3. The zero-order chi connectivity index (χ0) is 22.1. The fraction of sp³-hybridized carbons (Fsp3) is 0.227. The Morgan fingerprint density at radius 1 is 1.16 bits per heavy atom. The number of fused-ring (bicyclic) bond motifs is 1. The molecule has 4 rings (SSSR count). The zero-order valence-corrected chi connectivity index (χ0v) is 19.0. The number of thiazole rings is 1. The zero-order valence-electron chi connectivity index (χ0n) is 17.4. The predicted molar refractivity (Wildman–Crippen MR) is 120 cm³/mol. The van der Waals surface area contributed by atoms with Crippen LogP contribution in [-0.4, -0.2) is 31.9 Å². The van der Waals surface area contributed by atoms with Crippen molar-refractivity contribution < 1.29 is 19.0 Å². The average Bonchev–Trinajstić information content (AvgIpc) is 3.40. The van der Waals surface area contributed by atoms with Crippen LogP contribution in [0.1, 0.15) is 23.4 Å². The molecular weight excluding hydrogens is 436 g/mol. The molecule has 9 heteroatoms. The van der Waals surface area contributed by atoms with E-state index in [9.17, 15) is 9.59 Å². The summed E-state index contributed by atoms with van der Waals surface area (Å²) in [5, 5.41) is 1.95. The Morgan fingerprint density at radius 3 is 2.58 bits per heavy atom. The van der Waals surface area contributed by atoms with Gasteiger partial charge in [0, 0.05) is 4.88 Å². The van der Waals surface area contributed by atoms with E-state index < -0.39 is 12.0 Å². The van der Waals surface area contributed by atoms with Gasteiger partial charge in [0.05, 0.1) is 43.2 Å². The normalized spacial score (nSPS) is 16.0. The Kier molecular flexibility index (Phi) is 5.79. The molecule has 0 saturated heterocycles. The monoisotopic (exact) mass is 456 g/mol. The number of hydrogen-bond acceptors (Lipinski definition) is 8. The van der Waals surface area contributed by atoms with Gasteiger partial charge >= 0.3 is 5.97 Å². The highest BCUT2D eigenvalue weighted by molar-refractivity contribution is 7.11. The molecule has 3 heterocycles. The molecule has 0 spiro atoms. The van der Waals surface area contributed by atoms with Crippen LogP contribution in [0, 0.1) is 0 Å². The van der Waals surface area contributed by atoms with Gasteiger partial charge in [0.25, 0.3) is 5.56 Å². The summed E-state index contributed by atoms with van der Waals surface area (Å²) in [5.74, 6) is 0.518. The second-order valence-corrected chi connectivity index (χ2v) is 8.69. The molecule has 0 N–H and O–H groups in total. The van der Waals surface area contributed by atoms with Gasteiger partial charge in [-0.25, -0.2) is 9.79 Å². The minimum atomic E-state index is -0.700. The molecule has 1 aliphatic heterocycles. The predicted octanol–water partition coefficient (Wildman–Crippen LogP) is 2.49. The highest BCUT2D eigenvalue weighted by atomic mass is 32.1. The van der Waals surface area contributed by atoms with Crippen LogP contribution in [0.5, 0.6) is 11.5 Å². The molecule has 0 saturated carbocycles. The van der Waals surface area contributed by atoms with Gasteiger partial charge in [-0.15, -0.1) is 11.3 Å². The van der Waals surface area contributed by atoms with Gasteiger partial charge in [-0.1, -0.05) is 23.5 Å². The first-order valence-corrected chi connectivity index (χ1v) is 11.0. The summed E-state index contributed by atoms with van der Waals surface area (Å²) < 4.78 is 17.9. The topological polar surface area (TPSA) is 79.1 Å². The van der Waals surface area contributed by atoms with Crippen molar-refractivity contribution in [3.63, 3.8) is 0 Å². The van der Waals surface area contributed by atoms with E-state index in [-0.39, 0.29) is 5.56 Å². The van der Waals surface area contributed by atoms with E-state index in [2.05, 4.69) is 4.99 Å². The van der Waals surface area contributed by atoms with Crippen LogP contribution >= 0.6 is 22.7 Å². The number of benzene rings is 1. The molecule has 0 bridgehead atoms. The molecule has 7 nitrogen and oxygen atoms in total. The van der Waals surface area contributed by atoms with E-state index in [1.54, 1.807) is 42.1 Å². The van der Waals surface area contributed by atoms with Crippen LogP contribution in [-0.2, 0) is 9.53 Å². The second kappa shape index (κ2) is 8.52. The van der Waals surface area contributed by atoms with Crippen molar-refractivity contribution in [1.29, 1.82) is 0 Å². The van der Waals surface area contributed by atoms with Crippen LogP contribution in [0.2, 0.25) is 0 Å². The largest absolute Gasteiger partial charge is 0.493 e. The average molecular weight is 457 g/mol. The van der Waals surface area contributed by atoms with Gasteiger partial charge in [0.1, 0.15) is 0 Å². The van der Waals surface area contributed by atoms with E-state index in [0.717, 1.165) is 4.88 Å². The Bertz CT molecular complexity index is 1350. The number of nitrogens with zero attached hydrogens (tertiary/aromatic N) is 2. The van der Waals surface area contributed by atoms with Crippen molar-refractivity contribution in [2.24, 2.45) is 4.99 Å². The molecule has 1 unspecified atom stereocenters. The van der Waals surface area contributed by atoms with Crippen molar-refractivity contribution in [2.75, 3.05) is 21.3 Å². The summed E-state index contributed by atoms with van der Waals surface area (Å²) in [4.78, 5) is 32.2. The van der Waals surface area contributed by atoms with Crippen LogP contribution in [0.25, 0.3) is 6.08 Å². The minimum absolute atomic E-state index is 0.217. The number of hydrogen-bond donors (Lipinski definition) is 0. The van der Waals surface area contributed by atoms with E-state index in [1.165, 1.54) is 25.6 Å². The van der Waals surface area contributed by atoms with Gasteiger partial charge in [-0.3, -0.25) is 9.36 Å². The number of carbonyl (C=O) groups excluding carboxylic acids is 1. The summed E-state index contributed by atoms with van der Waals surface area (Å²) in [5.41, 5.74) is 1.29. The van der Waals surface area contributed by atoms with E-state index in [4.69, 9.17) is 14.2 Å². The van der Waals surface area contributed by atoms with Crippen LogP contribution < -0.4 is 24.4 Å². The van der Waals surface area contributed by atoms with E-state index >= 15 is 0 Å². The first-order valence-electron chi connectivity index (χ1n) is 9.34.